The van der Waals surface area contributed by atoms with Crippen molar-refractivity contribution in [3.8, 4) is 5.75 Å². The number of aromatic hydroxyl groups is 1. The second kappa shape index (κ2) is 3.26. The van der Waals surface area contributed by atoms with Gasteiger partial charge in [0.05, 0.1) is 6.61 Å². The Morgan fingerprint density at radius 1 is 1.57 bits per heavy atom. The average Bonchev–Trinajstić information content (AvgIpc) is 2.48. The predicted molar refractivity (Wildman–Crippen MR) is 54.0 cm³/mol. The van der Waals surface area contributed by atoms with Crippen LogP contribution < -0.4 is 5.32 Å². The summed E-state index contributed by atoms with van der Waals surface area (Å²) in [6.45, 7) is 4.76. The van der Waals surface area contributed by atoms with E-state index < -0.39 is 5.72 Å². The van der Waals surface area contributed by atoms with E-state index in [4.69, 9.17) is 4.74 Å². The van der Waals surface area contributed by atoms with Crippen LogP contribution in [0.2, 0.25) is 0 Å². The monoisotopic (exact) mass is 193 g/mol. The number of rotatable bonds is 1. The first-order valence-electron chi connectivity index (χ1n) is 4.81. The van der Waals surface area contributed by atoms with Crippen LogP contribution in [0.5, 0.6) is 5.75 Å². The van der Waals surface area contributed by atoms with Crippen LogP contribution in [-0.2, 0) is 10.5 Å². The van der Waals surface area contributed by atoms with Gasteiger partial charge in [-0.15, -0.1) is 0 Å². The van der Waals surface area contributed by atoms with Crippen LogP contribution >= 0.6 is 0 Å². The van der Waals surface area contributed by atoms with E-state index in [0.717, 1.165) is 5.56 Å². The normalized spacial score (nSPS) is 32.0. The smallest absolute Gasteiger partial charge is 0.142 e. The molecule has 1 aromatic rings. The van der Waals surface area contributed by atoms with Crippen LogP contribution in [0, 0.1) is 0 Å². The molecule has 2 atom stereocenters. The standard InChI is InChI=1S/C11H15NO2/c1-8-7-14-11(2,12-8)9-4-3-5-10(13)6-9/h3-6,8,12-13H,7H2,1-2H3. The fourth-order valence-corrected chi connectivity index (χ4v) is 1.81. The lowest BCUT2D eigenvalue weighted by molar-refractivity contribution is 0.00222. The third-order valence-corrected chi connectivity index (χ3v) is 2.54. The number of benzene rings is 1. The Hall–Kier alpha value is -1.06. The molecule has 14 heavy (non-hydrogen) atoms. The lowest BCUT2D eigenvalue weighted by Gasteiger charge is -2.24. The molecule has 3 heteroatoms. The summed E-state index contributed by atoms with van der Waals surface area (Å²) < 4.78 is 5.67. The summed E-state index contributed by atoms with van der Waals surface area (Å²) in [5, 5.41) is 12.7. The van der Waals surface area contributed by atoms with E-state index in [1.54, 1.807) is 12.1 Å². The molecule has 0 spiro atoms. The van der Waals surface area contributed by atoms with E-state index in [2.05, 4.69) is 12.2 Å². The van der Waals surface area contributed by atoms with Gasteiger partial charge in [0.15, 0.2) is 0 Å². The summed E-state index contributed by atoms with van der Waals surface area (Å²) in [5.74, 6) is 0.272. The topological polar surface area (TPSA) is 41.5 Å². The third-order valence-electron chi connectivity index (χ3n) is 2.54. The maximum atomic E-state index is 9.37. The first-order chi connectivity index (χ1) is 6.60. The summed E-state index contributed by atoms with van der Waals surface area (Å²) in [4.78, 5) is 0. The van der Waals surface area contributed by atoms with Crippen molar-refractivity contribution in [3.05, 3.63) is 29.8 Å². The SMILES string of the molecule is CC1COC(C)(c2cccc(O)c2)N1. The molecule has 76 valence electrons. The van der Waals surface area contributed by atoms with Crippen LogP contribution in [0.4, 0.5) is 0 Å². The zero-order valence-electron chi connectivity index (χ0n) is 8.45. The summed E-state index contributed by atoms with van der Waals surface area (Å²) in [5.41, 5.74) is 0.500. The quantitative estimate of drug-likeness (QED) is 0.711. The lowest BCUT2D eigenvalue weighted by Crippen LogP contribution is -2.37. The van der Waals surface area contributed by atoms with Crippen molar-refractivity contribution in [1.29, 1.82) is 0 Å². The Morgan fingerprint density at radius 2 is 2.36 bits per heavy atom. The van der Waals surface area contributed by atoms with Crippen molar-refractivity contribution in [3.63, 3.8) is 0 Å². The average molecular weight is 193 g/mol. The molecule has 0 amide bonds. The zero-order chi connectivity index (χ0) is 10.2. The van der Waals surface area contributed by atoms with Gasteiger partial charge in [0, 0.05) is 11.6 Å². The zero-order valence-corrected chi connectivity index (χ0v) is 8.45. The predicted octanol–water partition coefficient (Wildman–Crippen LogP) is 1.57. The highest BCUT2D eigenvalue weighted by molar-refractivity contribution is 5.31. The Balaban J connectivity index is 2.30. The van der Waals surface area contributed by atoms with Gasteiger partial charge < -0.3 is 9.84 Å². The molecule has 1 fully saturated rings. The van der Waals surface area contributed by atoms with Crippen molar-refractivity contribution in [2.75, 3.05) is 6.61 Å². The highest BCUT2D eigenvalue weighted by Crippen LogP contribution is 2.29. The van der Waals surface area contributed by atoms with Gasteiger partial charge in [-0.3, -0.25) is 5.32 Å². The molecule has 1 aromatic carbocycles. The summed E-state index contributed by atoms with van der Waals surface area (Å²) in [6, 6.07) is 7.51. The number of nitrogens with one attached hydrogen (secondary N) is 1. The molecule has 0 aromatic heterocycles. The number of phenols is 1. The van der Waals surface area contributed by atoms with Crippen LogP contribution in [-0.4, -0.2) is 17.8 Å². The van der Waals surface area contributed by atoms with E-state index in [0.29, 0.717) is 12.6 Å². The van der Waals surface area contributed by atoms with Crippen molar-refractivity contribution in [2.24, 2.45) is 0 Å². The molecule has 2 N–H and O–H groups in total. The first kappa shape index (κ1) is 9.49. The maximum absolute atomic E-state index is 9.37. The Labute approximate surface area is 83.7 Å². The second-order valence-electron chi connectivity index (χ2n) is 3.94. The van der Waals surface area contributed by atoms with Gasteiger partial charge in [0.25, 0.3) is 0 Å². The summed E-state index contributed by atoms with van der Waals surface area (Å²) >= 11 is 0. The Kier molecular flexibility index (Phi) is 2.21. The molecule has 0 aliphatic carbocycles. The highest BCUT2D eigenvalue weighted by Gasteiger charge is 2.34. The van der Waals surface area contributed by atoms with Gasteiger partial charge in [0.2, 0.25) is 0 Å². The van der Waals surface area contributed by atoms with Crippen LogP contribution in [0.25, 0.3) is 0 Å². The number of ether oxygens (including phenoxy) is 1. The fourth-order valence-electron chi connectivity index (χ4n) is 1.81. The van der Waals surface area contributed by atoms with Crippen LogP contribution in [0.3, 0.4) is 0 Å². The second-order valence-corrected chi connectivity index (χ2v) is 3.94. The van der Waals surface area contributed by atoms with Crippen molar-refractivity contribution >= 4 is 0 Å². The minimum Gasteiger partial charge on any atom is -0.508 e. The molecule has 1 aliphatic rings. The molecule has 1 heterocycles. The number of phenolic OH excluding ortho intramolecular Hbond substituents is 1. The molecule has 0 radical (unpaired) electrons. The summed E-state index contributed by atoms with van der Waals surface area (Å²) in [6.07, 6.45) is 0. The van der Waals surface area contributed by atoms with E-state index in [1.807, 2.05) is 19.1 Å². The van der Waals surface area contributed by atoms with Gasteiger partial charge in [-0.25, -0.2) is 0 Å². The van der Waals surface area contributed by atoms with Gasteiger partial charge in [0.1, 0.15) is 11.5 Å². The molecule has 1 aliphatic heterocycles. The van der Waals surface area contributed by atoms with Crippen LogP contribution in [0.15, 0.2) is 24.3 Å². The summed E-state index contributed by atoms with van der Waals surface area (Å²) in [7, 11) is 0. The Morgan fingerprint density at radius 3 is 2.93 bits per heavy atom. The maximum Gasteiger partial charge on any atom is 0.142 e. The Bertz CT molecular complexity index is 340. The minimum atomic E-state index is -0.460. The molecule has 2 unspecified atom stereocenters. The van der Waals surface area contributed by atoms with Gasteiger partial charge in [-0.05, 0) is 26.0 Å². The third kappa shape index (κ3) is 1.61. The molecule has 2 rings (SSSR count). The molecular weight excluding hydrogens is 178 g/mol. The molecule has 3 nitrogen and oxygen atoms in total. The highest BCUT2D eigenvalue weighted by atomic mass is 16.5. The van der Waals surface area contributed by atoms with Gasteiger partial charge >= 0.3 is 0 Å². The number of hydrogen-bond acceptors (Lipinski definition) is 3. The molecular formula is C11H15NO2. The van der Waals surface area contributed by atoms with E-state index in [-0.39, 0.29) is 5.75 Å². The van der Waals surface area contributed by atoms with Crippen LogP contribution in [0.1, 0.15) is 19.4 Å². The van der Waals surface area contributed by atoms with E-state index in [1.165, 1.54) is 0 Å². The van der Waals surface area contributed by atoms with Gasteiger partial charge in [-0.1, -0.05) is 12.1 Å². The minimum absolute atomic E-state index is 0.272. The van der Waals surface area contributed by atoms with Gasteiger partial charge in [-0.2, -0.15) is 0 Å². The lowest BCUT2D eigenvalue weighted by atomic mass is 10.0. The first-order valence-corrected chi connectivity index (χ1v) is 4.81. The molecule has 0 saturated carbocycles. The molecule has 1 saturated heterocycles. The van der Waals surface area contributed by atoms with Crippen molar-refractivity contribution in [2.45, 2.75) is 25.6 Å². The fraction of sp³-hybridized carbons (Fsp3) is 0.455. The largest absolute Gasteiger partial charge is 0.508 e. The molecule has 0 bridgehead atoms. The van der Waals surface area contributed by atoms with E-state index in [9.17, 15) is 5.11 Å². The van der Waals surface area contributed by atoms with Crippen molar-refractivity contribution < 1.29 is 9.84 Å². The van der Waals surface area contributed by atoms with Crippen molar-refractivity contribution in [1.82, 2.24) is 5.32 Å². The number of hydrogen-bond donors (Lipinski definition) is 2. The van der Waals surface area contributed by atoms with E-state index >= 15 is 0 Å².